The third-order valence-corrected chi connectivity index (χ3v) is 4.04. The molecule has 0 spiro atoms. The lowest BCUT2D eigenvalue weighted by Gasteiger charge is -2.32. The molecule has 1 aliphatic carbocycles. The quantitative estimate of drug-likeness (QED) is 0.738. The van der Waals surface area contributed by atoms with Crippen molar-refractivity contribution in [2.45, 2.75) is 38.5 Å². The monoisotopic (exact) mass is 237 g/mol. The van der Waals surface area contributed by atoms with Crippen LogP contribution in [0.1, 0.15) is 42.9 Å². The zero-order chi connectivity index (χ0) is 12.5. The van der Waals surface area contributed by atoms with Crippen LogP contribution in [0.4, 0.5) is 0 Å². The van der Waals surface area contributed by atoms with E-state index in [4.69, 9.17) is 5.73 Å². The van der Waals surface area contributed by atoms with E-state index in [1.807, 2.05) is 6.92 Å². The van der Waals surface area contributed by atoms with Gasteiger partial charge in [0.15, 0.2) is 0 Å². The number of aromatic nitrogens is 2. The van der Waals surface area contributed by atoms with Gasteiger partial charge in [-0.2, -0.15) is 5.10 Å². The summed E-state index contributed by atoms with van der Waals surface area (Å²) in [7, 11) is 0. The Morgan fingerprint density at radius 1 is 1.65 bits per heavy atom. The van der Waals surface area contributed by atoms with Gasteiger partial charge >= 0.3 is 5.97 Å². The second-order valence-corrected chi connectivity index (χ2v) is 4.92. The Bertz CT molecular complexity index is 408. The molecule has 0 saturated heterocycles. The number of nitrogens with one attached hydrogen (secondary N) is 1. The molecular weight excluding hydrogens is 218 g/mol. The molecule has 2 rings (SSSR count). The maximum Gasteiger partial charge on any atom is 0.310 e. The Morgan fingerprint density at radius 2 is 2.29 bits per heavy atom. The molecule has 0 bridgehead atoms. The first-order valence-corrected chi connectivity index (χ1v) is 6.05. The van der Waals surface area contributed by atoms with Crippen molar-refractivity contribution in [2.75, 3.05) is 6.54 Å². The van der Waals surface area contributed by atoms with Crippen LogP contribution in [0.2, 0.25) is 0 Å². The minimum atomic E-state index is -0.723. The predicted octanol–water partition coefficient (Wildman–Crippen LogP) is 1.41. The topological polar surface area (TPSA) is 92.0 Å². The molecule has 5 heteroatoms. The van der Waals surface area contributed by atoms with E-state index in [-0.39, 0.29) is 5.92 Å². The first-order chi connectivity index (χ1) is 8.12. The van der Waals surface area contributed by atoms with Gasteiger partial charge in [0.05, 0.1) is 11.6 Å². The van der Waals surface area contributed by atoms with Gasteiger partial charge in [0.1, 0.15) is 0 Å². The molecule has 1 aromatic heterocycles. The lowest BCUT2D eigenvalue weighted by atomic mass is 9.71. The maximum atomic E-state index is 11.6. The van der Waals surface area contributed by atoms with E-state index < -0.39 is 11.4 Å². The number of carboxylic acids is 1. The van der Waals surface area contributed by atoms with Crippen LogP contribution < -0.4 is 5.73 Å². The molecule has 4 N–H and O–H groups in total. The fraction of sp³-hybridized carbons (Fsp3) is 0.667. The number of aryl methyl sites for hydroxylation is 1. The van der Waals surface area contributed by atoms with Crippen molar-refractivity contribution in [1.82, 2.24) is 10.2 Å². The average molecular weight is 237 g/mol. The van der Waals surface area contributed by atoms with Crippen LogP contribution >= 0.6 is 0 Å². The van der Waals surface area contributed by atoms with Gasteiger partial charge in [-0.05, 0) is 25.3 Å². The normalized spacial score (nSPS) is 20.4. The summed E-state index contributed by atoms with van der Waals surface area (Å²) < 4.78 is 0. The number of rotatable bonds is 4. The SMILES string of the molecule is Cc1cn[nH]c1C(CN)C1(C(=O)O)CCCC1. The highest BCUT2D eigenvalue weighted by molar-refractivity contribution is 5.76. The highest BCUT2D eigenvalue weighted by atomic mass is 16.4. The van der Waals surface area contributed by atoms with E-state index in [0.29, 0.717) is 19.4 Å². The fourth-order valence-electron chi connectivity index (χ4n) is 3.05. The van der Waals surface area contributed by atoms with E-state index in [1.165, 1.54) is 0 Å². The van der Waals surface area contributed by atoms with Gasteiger partial charge < -0.3 is 10.8 Å². The molecule has 1 unspecified atom stereocenters. The second kappa shape index (κ2) is 4.49. The van der Waals surface area contributed by atoms with Crippen LogP contribution in [0.3, 0.4) is 0 Å². The summed E-state index contributed by atoms with van der Waals surface area (Å²) in [6, 6.07) is 0. The zero-order valence-corrected chi connectivity index (χ0v) is 10.1. The molecule has 1 fully saturated rings. The number of carboxylic acid groups (broad SMARTS) is 1. The smallest absolute Gasteiger partial charge is 0.310 e. The molecule has 1 heterocycles. The van der Waals surface area contributed by atoms with Gasteiger partial charge in [-0.3, -0.25) is 9.89 Å². The minimum absolute atomic E-state index is 0.162. The van der Waals surface area contributed by atoms with Gasteiger partial charge in [0, 0.05) is 18.2 Å². The Balaban J connectivity index is 2.40. The predicted molar refractivity (Wildman–Crippen MR) is 63.7 cm³/mol. The highest BCUT2D eigenvalue weighted by Crippen LogP contribution is 2.48. The van der Waals surface area contributed by atoms with E-state index in [0.717, 1.165) is 24.1 Å². The van der Waals surface area contributed by atoms with Crippen LogP contribution in [-0.2, 0) is 4.79 Å². The van der Waals surface area contributed by atoms with Gasteiger partial charge in [-0.15, -0.1) is 0 Å². The number of hydrogen-bond acceptors (Lipinski definition) is 3. The second-order valence-electron chi connectivity index (χ2n) is 4.92. The van der Waals surface area contributed by atoms with E-state index in [2.05, 4.69) is 10.2 Å². The molecule has 1 atom stereocenters. The van der Waals surface area contributed by atoms with Crippen LogP contribution in [0.5, 0.6) is 0 Å². The van der Waals surface area contributed by atoms with Crippen molar-refractivity contribution in [1.29, 1.82) is 0 Å². The van der Waals surface area contributed by atoms with Crippen molar-refractivity contribution in [3.05, 3.63) is 17.5 Å². The molecule has 5 nitrogen and oxygen atoms in total. The number of carbonyl (C=O) groups is 1. The Morgan fingerprint density at radius 3 is 2.71 bits per heavy atom. The Hall–Kier alpha value is -1.36. The standard InChI is InChI=1S/C12H19N3O2/c1-8-7-14-15-10(8)9(6-13)12(11(16)17)4-2-3-5-12/h7,9H,2-6,13H2,1H3,(H,14,15)(H,16,17). The van der Waals surface area contributed by atoms with Gasteiger partial charge in [-0.25, -0.2) is 0 Å². The third kappa shape index (κ3) is 1.84. The van der Waals surface area contributed by atoms with Gasteiger partial charge in [-0.1, -0.05) is 12.8 Å². The number of aromatic amines is 1. The van der Waals surface area contributed by atoms with Crippen LogP contribution in [0.15, 0.2) is 6.20 Å². The first-order valence-electron chi connectivity index (χ1n) is 6.05. The number of H-pyrrole nitrogens is 1. The lowest BCUT2D eigenvalue weighted by molar-refractivity contribution is -0.150. The third-order valence-electron chi connectivity index (χ3n) is 4.04. The maximum absolute atomic E-state index is 11.6. The molecule has 0 aromatic carbocycles. The first kappa shape index (κ1) is 12.1. The molecule has 0 radical (unpaired) electrons. The summed E-state index contributed by atoms with van der Waals surface area (Å²) in [4.78, 5) is 11.6. The number of nitrogens with two attached hydrogens (primary N) is 1. The Labute approximate surface area is 100 Å². The molecule has 0 amide bonds. The number of nitrogens with zero attached hydrogens (tertiary/aromatic N) is 1. The number of aliphatic carboxylic acids is 1. The van der Waals surface area contributed by atoms with Crippen molar-refractivity contribution in [2.24, 2.45) is 11.1 Å². The van der Waals surface area contributed by atoms with E-state index in [9.17, 15) is 9.90 Å². The van der Waals surface area contributed by atoms with Crippen molar-refractivity contribution >= 4 is 5.97 Å². The average Bonchev–Trinajstić information content (AvgIpc) is 2.91. The summed E-state index contributed by atoms with van der Waals surface area (Å²) in [5, 5.41) is 16.5. The van der Waals surface area contributed by atoms with Crippen molar-refractivity contribution in [3.63, 3.8) is 0 Å². The Kier molecular flexibility index (Phi) is 3.19. The van der Waals surface area contributed by atoms with Crippen molar-refractivity contribution < 1.29 is 9.90 Å². The molecule has 94 valence electrons. The summed E-state index contributed by atoms with van der Waals surface area (Å²) in [5.74, 6) is -0.885. The lowest BCUT2D eigenvalue weighted by Crippen LogP contribution is -2.39. The van der Waals surface area contributed by atoms with E-state index in [1.54, 1.807) is 6.20 Å². The molecule has 17 heavy (non-hydrogen) atoms. The van der Waals surface area contributed by atoms with Crippen LogP contribution in [-0.4, -0.2) is 27.8 Å². The molecular formula is C12H19N3O2. The largest absolute Gasteiger partial charge is 0.481 e. The summed E-state index contributed by atoms with van der Waals surface area (Å²) in [6.07, 6.45) is 5.08. The molecule has 0 aliphatic heterocycles. The number of hydrogen-bond donors (Lipinski definition) is 3. The molecule has 1 aliphatic rings. The summed E-state index contributed by atoms with van der Waals surface area (Å²) in [5.41, 5.74) is 7.00. The van der Waals surface area contributed by atoms with Crippen LogP contribution in [0, 0.1) is 12.3 Å². The molecule has 1 aromatic rings. The molecule has 1 saturated carbocycles. The van der Waals surface area contributed by atoms with Crippen LogP contribution in [0.25, 0.3) is 0 Å². The fourth-order valence-corrected chi connectivity index (χ4v) is 3.05. The van der Waals surface area contributed by atoms with Gasteiger partial charge in [0.25, 0.3) is 0 Å². The summed E-state index contributed by atoms with van der Waals surface area (Å²) >= 11 is 0. The van der Waals surface area contributed by atoms with E-state index >= 15 is 0 Å². The zero-order valence-electron chi connectivity index (χ0n) is 10.1. The minimum Gasteiger partial charge on any atom is -0.481 e. The van der Waals surface area contributed by atoms with Gasteiger partial charge in [0.2, 0.25) is 0 Å². The summed E-state index contributed by atoms with van der Waals surface area (Å²) in [6.45, 7) is 2.28. The van der Waals surface area contributed by atoms with Crippen molar-refractivity contribution in [3.8, 4) is 0 Å². The highest BCUT2D eigenvalue weighted by Gasteiger charge is 2.48.